The molecule has 3 rings (SSSR count). The number of hydrogen-bond donors (Lipinski definition) is 1. The van der Waals surface area contributed by atoms with E-state index in [1.54, 1.807) is 24.4 Å². The maximum absolute atomic E-state index is 5.93. The van der Waals surface area contributed by atoms with Gasteiger partial charge in [0.2, 0.25) is 5.88 Å². The van der Waals surface area contributed by atoms with Crippen LogP contribution in [0.1, 0.15) is 0 Å². The fraction of sp³-hybridized carbons (Fsp3) is 0. The van der Waals surface area contributed by atoms with Gasteiger partial charge >= 0.3 is 0 Å². The lowest BCUT2D eigenvalue weighted by Crippen LogP contribution is -1.92. The molecular weight excluding hydrogens is 262 g/mol. The number of rotatable bonds is 2. The maximum atomic E-state index is 5.93. The third kappa shape index (κ3) is 2.44. The van der Waals surface area contributed by atoms with Gasteiger partial charge in [0, 0.05) is 6.07 Å². The maximum Gasteiger partial charge on any atom is 0.238 e. The number of para-hydroxylation sites is 2. The average molecular weight is 272 g/mol. The van der Waals surface area contributed by atoms with Crippen molar-refractivity contribution in [1.82, 2.24) is 9.97 Å². The molecule has 1 heterocycles. The number of aromatic nitrogens is 2. The van der Waals surface area contributed by atoms with E-state index in [4.69, 9.17) is 22.1 Å². The molecule has 0 fully saturated rings. The van der Waals surface area contributed by atoms with E-state index in [9.17, 15) is 0 Å². The van der Waals surface area contributed by atoms with Crippen molar-refractivity contribution in [2.75, 3.05) is 5.73 Å². The van der Waals surface area contributed by atoms with Crippen LogP contribution in [0.2, 0.25) is 5.02 Å². The van der Waals surface area contributed by atoms with E-state index in [0.29, 0.717) is 22.3 Å². The van der Waals surface area contributed by atoms with E-state index < -0.39 is 0 Å². The number of ether oxygens (including phenoxy) is 1. The Morgan fingerprint density at radius 2 is 1.84 bits per heavy atom. The number of nitrogens with two attached hydrogens (primary N) is 1. The predicted molar refractivity (Wildman–Crippen MR) is 75.5 cm³/mol. The van der Waals surface area contributed by atoms with Crippen molar-refractivity contribution in [1.29, 1.82) is 0 Å². The Labute approximate surface area is 114 Å². The summed E-state index contributed by atoms with van der Waals surface area (Å²) in [6.45, 7) is 0. The molecular formula is C14H10ClN3O. The molecule has 19 heavy (non-hydrogen) atoms. The van der Waals surface area contributed by atoms with Crippen LogP contribution < -0.4 is 10.5 Å². The summed E-state index contributed by atoms with van der Waals surface area (Å²) in [6, 6.07) is 12.7. The minimum absolute atomic E-state index is 0.416. The average Bonchev–Trinajstić information content (AvgIpc) is 2.43. The van der Waals surface area contributed by atoms with E-state index in [2.05, 4.69) is 9.97 Å². The highest BCUT2D eigenvalue weighted by Crippen LogP contribution is 2.27. The number of halogens is 1. The number of nitrogen functional groups attached to an aromatic ring is 1. The summed E-state index contributed by atoms with van der Waals surface area (Å²) in [7, 11) is 0. The molecule has 0 unspecified atom stereocenters. The summed E-state index contributed by atoms with van der Waals surface area (Å²) in [5.41, 5.74) is 7.76. The zero-order chi connectivity index (χ0) is 13.2. The summed E-state index contributed by atoms with van der Waals surface area (Å²) in [5, 5.41) is 0.450. The first-order chi connectivity index (χ1) is 9.22. The predicted octanol–water partition coefficient (Wildman–Crippen LogP) is 3.66. The van der Waals surface area contributed by atoms with Gasteiger partial charge in [-0.3, -0.25) is 0 Å². The number of anilines is 1. The van der Waals surface area contributed by atoms with Gasteiger partial charge in [0.05, 0.1) is 27.9 Å². The van der Waals surface area contributed by atoms with Gasteiger partial charge in [-0.15, -0.1) is 0 Å². The first-order valence-corrected chi connectivity index (χ1v) is 6.05. The second kappa shape index (κ2) is 4.74. The van der Waals surface area contributed by atoms with Crippen LogP contribution in [0.3, 0.4) is 0 Å². The normalized spacial score (nSPS) is 10.6. The fourth-order valence-electron chi connectivity index (χ4n) is 1.68. The van der Waals surface area contributed by atoms with Gasteiger partial charge in [-0.2, -0.15) is 0 Å². The molecule has 0 radical (unpaired) electrons. The van der Waals surface area contributed by atoms with Gasteiger partial charge in [-0.25, -0.2) is 9.97 Å². The molecule has 0 aliphatic heterocycles. The Kier molecular flexibility index (Phi) is 2.93. The van der Waals surface area contributed by atoms with Crippen LogP contribution in [-0.2, 0) is 0 Å². The third-order valence-corrected chi connectivity index (χ3v) is 2.95. The van der Waals surface area contributed by atoms with E-state index in [1.165, 1.54) is 0 Å². The molecule has 0 saturated carbocycles. The van der Waals surface area contributed by atoms with Crippen LogP contribution in [0.25, 0.3) is 11.0 Å². The zero-order valence-corrected chi connectivity index (χ0v) is 10.6. The molecule has 94 valence electrons. The highest BCUT2D eigenvalue weighted by Gasteiger charge is 2.04. The van der Waals surface area contributed by atoms with Crippen LogP contribution in [0.4, 0.5) is 5.69 Å². The molecule has 0 bridgehead atoms. The van der Waals surface area contributed by atoms with Crippen LogP contribution in [0.15, 0.2) is 48.7 Å². The smallest absolute Gasteiger partial charge is 0.238 e. The molecule has 1 aromatic heterocycles. The van der Waals surface area contributed by atoms with E-state index in [-0.39, 0.29) is 0 Å². The lowest BCUT2D eigenvalue weighted by atomic mass is 10.3. The minimum atomic E-state index is 0.416. The summed E-state index contributed by atoms with van der Waals surface area (Å²) in [6.07, 6.45) is 1.58. The fourth-order valence-corrected chi connectivity index (χ4v) is 1.85. The molecule has 0 amide bonds. The Morgan fingerprint density at radius 1 is 1.05 bits per heavy atom. The number of fused-ring (bicyclic) bond motifs is 1. The standard InChI is InChI=1S/C14H10ClN3O/c15-10-7-9(5-6-11(10)16)19-14-8-17-12-3-1-2-4-13(12)18-14/h1-8H,16H2. The Balaban J connectivity index is 1.94. The summed E-state index contributed by atoms with van der Waals surface area (Å²) in [5.74, 6) is 0.989. The molecule has 5 heteroatoms. The van der Waals surface area contributed by atoms with Crippen LogP contribution >= 0.6 is 11.6 Å². The van der Waals surface area contributed by atoms with E-state index in [1.807, 2.05) is 24.3 Å². The molecule has 4 nitrogen and oxygen atoms in total. The van der Waals surface area contributed by atoms with Crippen molar-refractivity contribution in [3.63, 3.8) is 0 Å². The first-order valence-electron chi connectivity index (χ1n) is 5.67. The van der Waals surface area contributed by atoms with Gasteiger partial charge in [-0.05, 0) is 24.3 Å². The SMILES string of the molecule is Nc1ccc(Oc2cnc3ccccc3n2)cc1Cl. The summed E-state index contributed by atoms with van der Waals surface area (Å²) in [4.78, 5) is 8.64. The lowest BCUT2D eigenvalue weighted by Gasteiger charge is -2.06. The van der Waals surface area contributed by atoms with Crippen molar-refractivity contribution < 1.29 is 4.74 Å². The molecule has 0 spiro atoms. The highest BCUT2D eigenvalue weighted by molar-refractivity contribution is 6.33. The Hall–Kier alpha value is -2.33. The topological polar surface area (TPSA) is 61.0 Å². The molecule has 0 aliphatic carbocycles. The summed E-state index contributed by atoms with van der Waals surface area (Å²) >= 11 is 5.93. The summed E-state index contributed by atoms with van der Waals surface area (Å²) < 4.78 is 5.61. The van der Waals surface area contributed by atoms with Crippen molar-refractivity contribution >= 4 is 28.3 Å². The molecule has 0 aliphatic rings. The molecule has 2 N–H and O–H groups in total. The second-order valence-corrected chi connectivity index (χ2v) is 4.39. The van der Waals surface area contributed by atoms with Gasteiger partial charge in [0.15, 0.2) is 0 Å². The minimum Gasteiger partial charge on any atom is -0.437 e. The van der Waals surface area contributed by atoms with Crippen molar-refractivity contribution in [2.45, 2.75) is 0 Å². The van der Waals surface area contributed by atoms with E-state index >= 15 is 0 Å². The highest BCUT2D eigenvalue weighted by atomic mass is 35.5. The van der Waals surface area contributed by atoms with Crippen LogP contribution in [0, 0.1) is 0 Å². The number of hydrogen-bond acceptors (Lipinski definition) is 4. The zero-order valence-electron chi connectivity index (χ0n) is 9.88. The quantitative estimate of drug-likeness (QED) is 0.723. The van der Waals surface area contributed by atoms with Crippen LogP contribution in [0.5, 0.6) is 11.6 Å². The van der Waals surface area contributed by atoms with Crippen molar-refractivity contribution in [3.05, 3.63) is 53.7 Å². The van der Waals surface area contributed by atoms with Crippen LogP contribution in [-0.4, -0.2) is 9.97 Å². The monoisotopic (exact) mass is 271 g/mol. The lowest BCUT2D eigenvalue weighted by molar-refractivity contribution is 0.463. The van der Waals surface area contributed by atoms with Gasteiger partial charge in [0.25, 0.3) is 0 Å². The molecule has 2 aromatic carbocycles. The largest absolute Gasteiger partial charge is 0.437 e. The van der Waals surface area contributed by atoms with Crippen molar-refractivity contribution in [3.8, 4) is 11.6 Å². The molecule has 0 saturated heterocycles. The van der Waals surface area contributed by atoms with Gasteiger partial charge in [-0.1, -0.05) is 23.7 Å². The van der Waals surface area contributed by atoms with Crippen molar-refractivity contribution in [2.24, 2.45) is 0 Å². The number of benzene rings is 2. The van der Waals surface area contributed by atoms with Gasteiger partial charge < -0.3 is 10.5 Å². The third-order valence-electron chi connectivity index (χ3n) is 2.62. The second-order valence-electron chi connectivity index (χ2n) is 3.98. The molecule has 0 atom stereocenters. The Bertz CT molecular complexity index is 746. The van der Waals surface area contributed by atoms with Gasteiger partial charge in [0.1, 0.15) is 5.75 Å². The number of nitrogens with zero attached hydrogens (tertiary/aromatic N) is 2. The first kappa shape index (κ1) is 11.7. The molecule has 3 aromatic rings. The Morgan fingerprint density at radius 3 is 2.63 bits per heavy atom. The van der Waals surface area contributed by atoms with E-state index in [0.717, 1.165) is 11.0 Å².